The minimum Gasteiger partial charge on any atom is -0.481 e. The van der Waals surface area contributed by atoms with Crippen LogP contribution in [-0.4, -0.2) is 46.5 Å². The average Bonchev–Trinajstić information content (AvgIpc) is 3.01. The number of aryl methyl sites for hydroxylation is 1. The number of amides is 2. The standard InChI is InChI=1S/C17H23N3O3S/c1-11-6-7-13(16(19-11)23-2)8-18-15(21)14-9-24-10-20(14)17(22)12-4-3-5-12/h6-7,12,14H,3-5,8-10H2,1-2H3,(H,18,21). The van der Waals surface area contributed by atoms with Gasteiger partial charge in [-0.25, -0.2) is 4.98 Å². The number of hydrogen-bond donors (Lipinski definition) is 1. The van der Waals surface area contributed by atoms with Crippen LogP contribution in [-0.2, 0) is 16.1 Å². The quantitative estimate of drug-likeness (QED) is 0.876. The van der Waals surface area contributed by atoms with Crippen molar-refractivity contribution in [1.29, 1.82) is 0 Å². The Bertz CT molecular complexity index is 634. The summed E-state index contributed by atoms with van der Waals surface area (Å²) in [6, 6.07) is 3.43. The van der Waals surface area contributed by atoms with Gasteiger partial charge in [-0.05, 0) is 25.8 Å². The van der Waals surface area contributed by atoms with Crippen LogP contribution >= 0.6 is 11.8 Å². The molecule has 1 aromatic heterocycles. The second kappa shape index (κ2) is 7.42. The van der Waals surface area contributed by atoms with Gasteiger partial charge in [0, 0.05) is 29.5 Å². The first-order chi connectivity index (χ1) is 11.6. The van der Waals surface area contributed by atoms with Gasteiger partial charge in [0.2, 0.25) is 17.7 Å². The van der Waals surface area contributed by atoms with Crippen LogP contribution in [0.3, 0.4) is 0 Å². The zero-order valence-electron chi connectivity index (χ0n) is 14.1. The Labute approximate surface area is 146 Å². The number of carbonyl (C=O) groups is 2. The predicted octanol–water partition coefficient (Wildman–Crippen LogP) is 1.72. The molecule has 2 amide bonds. The predicted molar refractivity (Wildman–Crippen MR) is 92.7 cm³/mol. The molecule has 6 nitrogen and oxygen atoms in total. The highest BCUT2D eigenvalue weighted by molar-refractivity contribution is 7.99. The van der Waals surface area contributed by atoms with Gasteiger partial charge in [0.1, 0.15) is 6.04 Å². The summed E-state index contributed by atoms with van der Waals surface area (Å²) < 4.78 is 5.27. The molecule has 2 aliphatic rings. The number of rotatable bonds is 5. The van der Waals surface area contributed by atoms with Gasteiger partial charge in [0.05, 0.1) is 13.0 Å². The summed E-state index contributed by atoms with van der Waals surface area (Å²) in [6.45, 7) is 2.24. The maximum atomic E-state index is 12.5. The number of hydrogen-bond acceptors (Lipinski definition) is 5. The van der Waals surface area contributed by atoms with Crippen molar-refractivity contribution < 1.29 is 14.3 Å². The largest absolute Gasteiger partial charge is 0.481 e. The lowest BCUT2D eigenvalue weighted by molar-refractivity contribution is -0.143. The van der Waals surface area contributed by atoms with Crippen LogP contribution in [0, 0.1) is 12.8 Å². The maximum absolute atomic E-state index is 12.5. The van der Waals surface area contributed by atoms with Crippen LogP contribution in [0.4, 0.5) is 0 Å². The molecule has 1 aromatic rings. The molecule has 2 fully saturated rings. The van der Waals surface area contributed by atoms with Gasteiger partial charge in [0.25, 0.3) is 0 Å². The molecule has 130 valence electrons. The van der Waals surface area contributed by atoms with Gasteiger partial charge in [-0.3, -0.25) is 9.59 Å². The third kappa shape index (κ3) is 3.50. The van der Waals surface area contributed by atoms with E-state index < -0.39 is 0 Å². The first-order valence-corrected chi connectivity index (χ1v) is 9.42. The highest BCUT2D eigenvalue weighted by atomic mass is 32.2. The van der Waals surface area contributed by atoms with E-state index in [-0.39, 0.29) is 23.8 Å². The zero-order valence-corrected chi connectivity index (χ0v) is 14.9. The molecular weight excluding hydrogens is 326 g/mol. The van der Waals surface area contributed by atoms with Gasteiger partial charge in [-0.15, -0.1) is 11.8 Å². The Hall–Kier alpha value is -1.76. The summed E-state index contributed by atoms with van der Waals surface area (Å²) in [5.74, 6) is 1.96. The van der Waals surface area contributed by atoms with Gasteiger partial charge < -0.3 is 15.0 Å². The molecule has 0 spiro atoms. The van der Waals surface area contributed by atoms with Gasteiger partial charge >= 0.3 is 0 Å². The van der Waals surface area contributed by atoms with Crippen molar-refractivity contribution in [3.8, 4) is 5.88 Å². The molecule has 1 N–H and O–H groups in total. The number of methoxy groups -OCH3 is 1. The summed E-state index contributed by atoms with van der Waals surface area (Å²) in [5, 5.41) is 2.93. The molecule has 0 aromatic carbocycles. The molecule has 3 rings (SSSR count). The third-order valence-electron chi connectivity index (χ3n) is 4.65. The highest BCUT2D eigenvalue weighted by Crippen LogP contribution is 2.32. The lowest BCUT2D eigenvalue weighted by Gasteiger charge is -2.31. The topological polar surface area (TPSA) is 71.5 Å². The van der Waals surface area contributed by atoms with E-state index in [1.54, 1.807) is 23.8 Å². The third-order valence-corrected chi connectivity index (χ3v) is 5.66. The highest BCUT2D eigenvalue weighted by Gasteiger charge is 2.39. The van der Waals surface area contributed by atoms with Crippen molar-refractivity contribution in [1.82, 2.24) is 15.2 Å². The molecule has 0 bridgehead atoms. The monoisotopic (exact) mass is 349 g/mol. The fourth-order valence-electron chi connectivity index (χ4n) is 2.94. The first kappa shape index (κ1) is 17.1. The summed E-state index contributed by atoms with van der Waals surface area (Å²) in [4.78, 5) is 31.1. The van der Waals surface area contributed by atoms with Crippen LogP contribution in [0.2, 0.25) is 0 Å². The Balaban J connectivity index is 1.61. The van der Waals surface area contributed by atoms with E-state index in [2.05, 4.69) is 10.3 Å². The summed E-state index contributed by atoms with van der Waals surface area (Å²) in [6.07, 6.45) is 3.04. The fraction of sp³-hybridized carbons (Fsp3) is 0.588. The van der Waals surface area contributed by atoms with Crippen LogP contribution < -0.4 is 10.1 Å². The fourth-order valence-corrected chi connectivity index (χ4v) is 4.10. The van der Waals surface area contributed by atoms with E-state index in [0.29, 0.717) is 24.1 Å². The molecule has 0 radical (unpaired) electrons. The molecule has 1 saturated heterocycles. The Morgan fingerprint density at radius 3 is 2.88 bits per heavy atom. The van der Waals surface area contributed by atoms with Crippen molar-refractivity contribution in [3.63, 3.8) is 0 Å². The van der Waals surface area contributed by atoms with Crippen LogP contribution in [0.25, 0.3) is 0 Å². The van der Waals surface area contributed by atoms with E-state index in [4.69, 9.17) is 4.74 Å². The van der Waals surface area contributed by atoms with Crippen molar-refractivity contribution in [2.24, 2.45) is 5.92 Å². The van der Waals surface area contributed by atoms with Gasteiger partial charge in [-0.1, -0.05) is 12.5 Å². The smallest absolute Gasteiger partial charge is 0.243 e. The number of ether oxygens (including phenoxy) is 1. The average molecular weight is 349 g/mol. The van der Waals surface area contributed by atoms with Crippen LogP contribution in [0.15, 0.2) is 12.1 Å². The summed E-state index contributed by atoms with van der Waals surface area (Å²) in [7, 11) is 1.57. The second-order valence-corrected chi connectivity index (χ2v) is 7.29. The van der Waals surface area contributed by atoms with E-state index in [1.165, 1.54) is 0 Å². The van der Waals surface area contributed by atoms with E-state index in [0.717, 1.165) is 30.5 Å². The van der Waals surface area contributed by atoms with E-state index >= 15 is 0 Å². The van der Waals surface area contributed by atoms with E-state index in [1.807, 2.05) is 19.1 Å². The maximum Gasteiger partial charge on any atom is 0.243 e. The number of nitrogens with zero attached hydrogens (tertiary/aromatic N) is 2. The molecule has 24 heavy (non-hydrogen) atoms. The second-order valence-electron chi connectivity index (χ2n) is 6.29. The molecule has 1 atom stereocenters. The molecule has 1 aliphatic carbocycles. The Morgan fingerprint density at radius 1 is 1.42 bits per heavy atom. The number of aromatic nitrogens is 1. The molecule has 1 unspecified atom stereocenters. The Morgan fingerprint density at radius 2 is 2.21 bits per heavy atom. The molecule has 2 heterocycles. The minimum atomic E-state index is -0.368. The van der Waals surface area contributed by atoms with Gasteiger partial charge in [-0.2, -0.15) is 0 Å². The molecule has 7 heteroatoms. The molecular formula is C17H23N3O3S. The lowest BCUT2D eigenvalue weighted by atomic mass is 9.84. The summed E-state index contributed by atoms with van der Waals surface area (Å²) >= 11 is 1.64. The van der Waals surface area contributed by atoms with E-state index in [9.17, 15) is 9.59 Å². The van der Waals surface area contributed by atoms with Crippen molar-refractivity contribution in [2.75, 3.05) is 18.7 Å². The van der Waals surface area contributed by atoms with Gasteiger partial charge in [0.15, 0.2) is 0 Å². The SMILES string of the molecule is COc1nc(C)ccc1CNC(=O)C1CSCN1C(=O)C1CCC1. The van der Waals surface area contributed by atoms with Crippen molar-refractivity contribution >= 4 is 23.6 Å². The number of nitrogens with one attached hydrogen (secondary N) is 1. The van der Waals surface area contributed by atoms with Crippen LogP contribution in [0.1, 0.15) is 30.5 Å². The van der Waals surface area contributed by atoms with Crippen LogP contribution in [0.5, 0.6) is 5.88 Å². The molecule has 1 aliphatic heterocycles. The lowest BCUT2D eigenvalue weighted by Crippen LogP contribution is -2.49. The summed E-state index contributed by atoms with van der Waals surface area (Å²) in [5.41, 5.74) is 1.70. The molecule has 1 saturated carbocycles. The zero-order chi connectivity index (χ0) is 17.1. The minimum absolute atomic E-state index is 0.102. The number of carbonyl (C=O) groups excluding carboxylic acids is 2. The van der Waals surface area contributed by atoms with Crippen molar-refractivity contribution in [2.45, 2.75) is 38.8 Å². The normalized spacial score (nSPS) is 20.6. The number of pyridine rings is 1. The van der Waals surface area contributed by atoms with Crippen molar-refractivity contribution in [3.05, 3.63) is 23.4 Å². The first-order valence-electron chi connectivity index (χ1n) is 8.26. The Kier molecular flexibility index (Phi) is 5.28. The number of thioether (sulfide) groups is 1.